The summed E-state index contributed by atoms with van der Waals surface area (Å²) in [5.74, 6) is -2.24. The first-order valence-corrected chi connectivity index (χ1v) is 8.86. The highest BCUT2D eigenvalue weighted by molar-refractivity contribution is 5.85. The molecule has 1 aromatic rings. The van der Waals surface area contributed by atoms with Gasteiger partial charge in [0.1, 0.15) is 12.4 Å². The second-order valence-electron chi connectivity index (χ2n) is 6.61. The first-order chi connectivity index (χ1) is 12.5. The summed E-state index contributed by atoms with van der Waals surface area (Å²) in [6, 6.07) is 6.98. The highest BCUT2D eigenvalue weighted by Crippen LogP contribution is 2.30. The zero-order chi connectivity index (χ0) is 18.6. The predicted molar refractivity (Wildman–Crippen MR) is 101 cm³/mol. The number of carbonyl (C=O) groups excluding carboxylic acids is 1. The molecule has 0 saturated carbocycles. The van der Waals surface area contributed by atoms with Crippen LogP contribution in [0.5, 0.6) is 5.75 Å². The average molecular weight is 406 g/mol. The number of alkyl halides is 2. The summed E-state index contributed by atoms with van der Waals surface area (Å²) in [6.45, 7) is 2.85. The van der Waals surface area contributed by atoms with Crippen LogP contribution < -0.4 is 15.0 Å². The molecule has 0 bridgehead atoms. The molecule has 1 N–H and O–H groups in total. The van der Waals surface area contributed by atoms with Crippen LogP contribution in [0.4, 0.5) is 14.5 Å². The van der Waals surface area contributed by atoms with E-state index < -0.39 is 24.9 Å². The molecule has 27 heavy (non-hydrogen) atoms. The van der Waals surface area contributed by atoms with Crippen molar-refractivity contribution in [2.75, 3.05) is 57.9 Å². The monoisotopic (exact) mass is 405 g/mol. The van der Waals surface area contributed by atoms with Crippen molar-refractivity contribution in [2.45, 2.75) is 18.4 Å². The zero-order valence-electron chi connectivity index (χ0n) is 15.3. The molecule has 0 spiro atoms. The summed E-state index contributed by atoms with van der Waals surface area (Å²) in [7, 11) is 1.63. The fourth-order valence-corrected chi connectivity index (χ4v) is 3.35. The van der Waals surface area contributed by atoms with Crippen LogP contribution in [0.2, 0.25) is 0 Å². The Balaban J connectivity index is 0.00000261. The van der Waals surface area contributed by atoms with Crippen LogP contribution in [0.15, 0.2) is 24.3 Å². The van der Waals surface area contributed by atoms with Gasteiger partial charge in [0.05, 0.1) is 24.9 Å². The SMILES string of the molecule is COCCOc1ccccc1N1CCN(C(=O)C2CC(F)(F)CN2)CC1.Cl. The lowest BCUT2D eigenvalue weighted by Crippen LogP contribution is -2.53. The molecule has 3 rings (SSSR count). The highest BCUT2D eigenvalue weighted by Gasteiger charge is 2.43. The van der Waals surface area contributed by atoms with Gasteiger partial charge >= 0.3 is 0 Å². The van der Waals surface area contributed by atoms with E-state index in [2.05, 4.69) is 10.2 Å². The number of carbonyl (C=O) groups is 1. The van der Waals surface area contributed by atoms with E-state index in [1.807, 2.05) is 24.3 Å². The number of benzene rings is 1. The number of rotatable bonds is 6. The van der Waals surface area contributed by atoms with Gasteiger partial charge in [-0.3, -0.25) is 10.1 Å². The van der Waals surface area contributed by atoms with Crippen LogP contribution in [-0.2, 0) is 9.53 Å². The van der Waals surface area contributed by atoms with Crippen LogP contribution in [0.3, 0.4) is 0 Å². The fraction of sp³-hybridized carbons (Fsp3) is 0.611. The highest BCUT2D eigenvalue weighted by atomic mass is 35.5. The molecule has 2 aliphatic heterocycles. The van der Waals surface area contributed by atoms with Crippen LogP contribution in [0.1, 0.15) is 6.42 Å². The van der Waals surface area contributed by atoms with E-state index in [4.69, 9.17) is 9.47 Å². The van der Waals surface area contributed by atoms with Gasteiger partial charge < -0.3 is 19.3 Å². The number of ether oxygens (including phenoxy) is 2. The molecule has 0 aromatic heterocycles. The minimum atomic E-state index is -2.79. The second-order valence-corrected chi connectivity index (χ2v) is 6.61. The van der Waals surface area contributed by atoms with Crippen molar-refractivity contribution in [3.63, 3.8) is 0 Å². The van der Waals surface area contributed by atoms with Crippen molar-refractivity contribution in [2.24, 2.45) is 0 Å². The predicted octanol–water partition coefficient (Wildman–Crippen LogP) is 1.78. The number of piperazine rings is 1. The normalized spacial score (nSPS) is 21.7. The minimum absolute atomic E-state index is 0. The van der Waals surface area contributed by atoms with Crippen LogP contribution in [-0.4, -0.2) is 75.8 Å². The number of hydrogen-bond acceptors (Lipinski definition) is 5. The summed E-state index contributed by atoms with van der Waals surface area (Å²) in [6.07, 6.45) is -0.414. The van der Waals surface area contributed by atoms with Gasteiger partial charge in [-0.15, -0.1) is 12.4 Å². The molecule has 2 heterocycles. The molecular weight excluding hydrogens is 380 g/mol. The molecule has 9 heteroatoms. The Kier molecular flexibility index (Phi) is 7.64. The number of anilines is 1. The van der Waals surface area contributed by atoms with E-state index in [1.165, 1.54) is 0 Å². The van der Waals surface area contributed by atoms with Gasteiger partial charge in [0, 0.05) is 39.7 Å². The van der Waals surface area contributed by atoms with Crippen molar-refractivity contribution < 1.29 is 23.0 Å². The number of amides is 1. The Hall–Kier alpha value is -1.64. The van der Waals surface area contributed by atoms with E-state index in [0.717, 1.165) is 11.4 Å². The quantitative estimate of drug-likeness (QED) is 0.731. The smallest absolute Gasteiger partial charge is 0.262 e. The molecule has 0 radical (unpaired) electrons. The standard InChI is InChI=1S/C18H25F2N3O3.ClH/c1-25-10-11-26-16-5-3-2-4-15(16)22-6-8-23(9-7-22)17(24)14-12-18(19,20)13-21-14;/h2-5,14,21H,6-13H2,1H3;1H. The Morgan fingerprint density at radius 1 is 1.22 bits per heavy atom. The Bertz CT molecular complexity index is 628. The van der Waals surface area contributed by atoms with Crippen molar-refractivity contribution in [3.05, 3.63) is 24.3 Å². The van der Waals surface area contributed by atoms with E-state index in [-0.39, 0.29) is 18.3 Å². The Morgan fingerprint density at radius 3 is 2.56 bits per heavy atom. The molecule has 152 valence electrons. The molecule has 2 fully saturated rings. The Labute approximate surface area is 164 Å². The first kappa shape index (κ1) is 21.7. The molecule has 1 aromatic carbocycles. The fourth-order valence-electron chi connectivity index (χ4n) is 3.35. The summed E-state index contributed by atoms with van der Waals surface area (Å²) in [4.78, 5) is 16.3. The van der Waals surface area contributed by atoms with E-state index in [0.29, 0.717) is 39.4 Å². The lowest BCUT2D eigenvalue weighted by atomic mass is 10.1. The largest absolute Gasteiger partial charge is 0.489 e. The van der Waals surface area contributed by atoms with Crippen molar-refractivity contribution in [1.82, 2.24) is 10.2 Å². The van der Waals surface area contributed by atoms with E-state index in [9.17, 15) is 13.6 Å². The summed E-state index contributed by atoms with van der Waals surface area (Å²) in [5, 5.41) is 2.64. The van der Waals surface area contributed by atoms with Gasteiger partial charge in [-0.25, -0.2) is 8.78 Å². The van der Waals surface area contributed by atoms with Crippen molar-refractivity contribution in [1.29, 1.82) is 0 Å². The lowest BCUT2D eigenvalue weighted by molar-refractivity contribution is -0.134. The molecule has 1 atom stereocenters. The van der Waals surface area contributed by atoms with E-state index >= 15 is 0 Å². The molecule has 2 saturated heterocycles. The van der Waals surface area contributed by atoms with Gasteiger partial charge in [0.25, 0.3) is 5.92 Å². The van der Waals surface area contributed by atoms with Crippen LogP contribution >= 0.6 is 12.4 Å². The maximum atomic E-state index is 13.3. The number of para-hydroxylation sites is 2. The number of hydrogen-bond donors (Lipinski definition) is 1. The number of nitrogens with zero attached hydrogens (tertiary/aromatic N) is 2. The average Bonchev–Trinajstić information content (AvgIpc) is 3.02. The zero-order valence-corrected chi connectivity index (χ0v) is 16.1. The maximum Gasteiger partial charge on any atom is 0.262 e. The van der Waals surface area contributed by atoms with Gasteiger partial charge in [-0.05, 0) is 12.1 Å². The van der Waals surface area contributed by atoms with Crippen LogP contribution in [0.25, 0.3) is 0 Å². The Morgan fingerprint density at radius 2 is 1.93 bits per heavy atom. The minimum Gasteiger partial charge on any atom is -0.489 e. The topological polar surface area (TPSA) is 54.0 Å². The molecule has 0 aliphatic carbocycles. The van der Waals surface area contributed by atoms with Crippen molar-refractivity contribution in [3.8, 4) is 5.75 Å². The molecular formula is C18H26ClF2N3O3. The molecule has 1 amide bonds. The third kappa shape index (κ3) is 5.43. The van der Waals surface area contributed by atoms with Gasteiger partial charge in [-0.1, -0.05) is 12.1 Å². The maximum absolute atomic E-state index is 13.3. The third-order valence-corrected chi connectivity index (χ3v) is 4.75. The van der Waals surface area contributed by atoms with Crippen molar-refractivity contribution >= 4 is 24.0 Å². The number of nitrogens with one attached hydrogen (secondary N) is 1. The van der Waals surface area contributed by atoms with Crippen LogP contribution in [0, 0.1) is 0 Å². The third-order valence-electron chi connectivity index (χ3n) is 4.75. The van der Waals surface area contributed by atoms with Gasteiger partial charge in [0.2, 0.25) is 5.91 Å². The second kappa shape index (κ2) is 9.52. The lowest BCUT2D eigenvalue weighted by Gasteiger charge is -2.37. The molecule has 6 nitrogen and oxygen atoms in total. The summed E-state index contributed by atoms with van der Waals surface area (Å²) in [5.41, 5.74) is 0.973. The van der Waals surface area contributed by atoms with Gasteiger partial charge in [0.15, 0.2) is 0 Å². The van der Waals surface area contributed by atoms with Gasteiger partial charge in [-0.2, -0.15) is 0 Å². The first-order valence-electron chi connectivity index (χ1n) is 8.86. The molecule has 1 unspecified atom stereocenters. The molecule has 2 aliphatic rings. The number of methoxy groups -OCH3 is 1. The number of halogens is 3. The van der Waals surface area contributed by atoms with E-state index in [1.54, 1.807) is 12.0 Å². The summed E-state index contributed by atoms with van der Waals surface area (Å²) >= 11 is 0. The summed E-state index contributed by atoms with van der Waals surface area (Å²) < 4.78 is 37.4.